The van der Waals surface area contributed by atoms with Crippen molar-refractivity contribution < 1.29 is 9.59 Å². The molecule has 0 bridgehead atoms. The molecular formula is C18H18BrN3O2S. The van der Waals surface area contributed by atoms with E-state index < -0.39 is 0 Å². The first-order chi connectivity index (χ1) is 12.1. The number of carbonyl (C=O) groups is 2. The van der Waals surface area contributed by atoms with Crippen LogP contribution in [-0.4, -0.2) is 23.3 Å². The van der Waals surface area contributed by atoms with Crippen molar-refractivity contribution in [3.63, 3.8) is 0 Å². The van der Waals surface area contributed by atoms with Gasteiger partial charge in [-0.1, -0.05) is 22.0 Å². The van der Waals surface area contributed by atoms with Crippen molar-refractivity contribution in [2.45, 2.75) is 32.1 Å². The summed E-state index contributed by atoms with van der Waals surface area (Å²) in [6.45, 7) is 0.409. The number of aromatic nitrogens is 1. The molecule has 1 fully saturated rings. The van der Waals surface area contributed by atoms with Crippen LogP contribution in [0.15, 0.2) is 28.7 Å². The van der Waals surface area contributed by atoms with Gasteiger partial charge in [0.2, 0.25) is 11.8 Å². The molecule has 25 heavy (non-hydrogen) atoms. The van der Waals surface area contributed by atoms with Crippen molar-refractivity contribution in [1.82, 2.24) is 4.98 Å². The predicted molar refractivity (Wildman–Crippen MR) is 102 cm³/mol. The number of nitrogens with zero attached hydrogens (tertiary/aromatic N) is 2. The number of halogens is 1. The fourth-order valence-electron chi connectivity index (χ4n) is 3.39. The summed E-state index contributed by atoms with van der Waals surface area (Å²) in [5.74, 6) is -0.471. The Kier molecular flexibility index (Phi) is 4.60. The molecule has 2 amide bonds. The van der Waals surface area contributed by atoms with Crippen LogP contribution < -0.4 is 10.2 Å². The zero-order chi connectivity index (χ0) is 17.4. The third-order valence-corrected chi connectivity index (χ3v) is 6.26. The molecule has 130 valence electrons. The summed E-state index contributed by atoms with van der Waals surface area (Å²) in [6, 6.07) is 7.59. The molecule has 1 aliphatic carbocycles. The highest BCUT2D eigenvalue weighted by molar-refractivity contribution is 9.10. The van der Waals surface area contributed by atoms with Crippen molar-refractivity contribution >= 4 is 49.9 Å². The summed E-state index contributed by atoms with van der Waals surface area (Å²) in [7, 11) is 0. The van der Waals surface area contributed by atoms with Gasteiger partial charge in [0.1, 0.15) is 0 Å². The number of aryl methyl sites for hydroxylation is 2. The Hall–Kier alpha value is -1.73. The lowest BCUT2D eigenvalue weighted by Gasteiger charge is -2.16. The van der Waals surface area contributed by atoms with Crippen LogP contribution in [0, 0.1) is 5.92 Å². The first kappa shape index (κ1) is 16.7. The Morgan fingerprint density at radius 3 is 2.96 bits per heavy atom. The molecule has 0 saturated carbocycles. The summed E-state index contributed by atoms with van der Waals surface area (Å²) in [5.41, 5.74) is 1.95. The van der Waals surface area contributed by atoms with Crippen LogP contribution in [0.3, 0.4) is 0 Å². The van der Waals surface area contributed by atoms with Gasteiger partial charge in [-0.3, -0.25) is 9.59 Å². The fraction of sp³-hybridized carbons (Fsp3) is 0.389. The molecule has 7 heteroatoms. The molecule has 1 aromatic carbocycles. The number of fused-ring (bicyclic) bond motifs is 1. The summed E-state index contributed by atoms with van der Waals surface area (Å²) in [5, 5.41) is 3.60. The van der Waals surface area contributed by atoms with E-state index in [0.717, 1.165) is 28.7 Å². The second-order valence-corrected chi connectivity index (χ2v) is 8.47. The molecule has 5 nitrogen and oxygen atoms in total. The maximum Gasteiger partial charge on any atom is 0.231 e. The highest BCUT2D eigenvalue weighted by atomic mass is 79.9. The molecule has 1 saturated heterocycles. The number of rotatable bonds is 3. The average molecular weight is 420 g/mol. The lowest BCUT2D eigenvalue weighted by molar-refractivity contribution is -0.122. The number of amides is 2. The number of thiazole rings is 1. The fourth-order valence-corrected chi connectivity index (χ4v) is 4.83. The molecule has 2 aliphatic rings. The van der Waals surface area contributed by atoms with Gasteiger partial charge >= 0.3 is 0 Å². The number of carbonyl (C=O) groups excluding carboxylic acids is 2. The van der Waals surface area contributed by atoms with Crippen molar-refractivity contribution in [2.24, 2.45) is 5.92 Å². The van der Waals surface area contributed by atoms with Gasteiger partial charge in [-0.15, -0.1) is 11.3 Å². The maximum absolute atomic E-state index is 12.6. The first-order valence-corrected chi connectivity index (χ1v) is 10.1. The number of hydrogen-bond acceptors (Lipinski definition) is 4. The number of benzene rings is 1. The second-order valence-electron chi connectivity index (χ2n) is 6.47. The Bertz CT molecular complexity index is 812. The van der Waals surface area contributed by atoms with E-state index in [1.807, 2.05) is 24.3 Å². The Labute approximate surface area is 158 Å². The number of anilines is 2. The third-order valence-electron chi connectivity index (χ3n) is 4.69. The van der Waals surface area contributed by atoms with Gasteiger partial charge in [-0.25, -0.2) is 4.98 Å². The normalized spacial score (nSPS) is 19.8. The zero-order valence-corrected chi connectivity index (χ0v) is 16.0. The Balaban J connectivity index is 1.44. The lowest BCUT2D eigenvalue weighted by Crippen LogP contribution is -2.28. The largest absolute Gasteiger partial charge is 0.312 e. The molecule has 1 aromatic heterocycles. The summed E-state index contributed by atoms with van der Waals surface area (Å²) in [6.07, 6.45) is 4.66. The van der Waals surface area contributed by atoms with Crippen LogP contribution in [0.4, 0.5) is 10.8 Å². The van der Waals surface area contributed by atoms with E-state index in [2.05, 4.69) is 26.2 Å². The van der Waals surface area contributed by atoms with E-state index in [1.54, 1.807) is 16.2 Å². The van der Waals surface area contributed by atoms with E-state index >= 15 is 0 Å². The summed E-state index contributed by atoms with van der Waals surface area (Å²) >= 11 is 5.00. The third kappa shape index (κ3) is 3.48. The van der Waals surface area contributed by atoms with Gasteiger partial charge in [0.15, 0.2) is 5.13 Å². The molecule has 2 heterocycles. The van der Waals surface area contributed by atoms with Gasteiger partial charge in [0.25, 0.3) is 0 Å². The molecule has 1 N–H and O–H groups in total. The van der Waals surface area contributed by atoms with E-state index in [4.69, 9.17) is 0 Å². The van der Waals surface area contributed by atoms with E-state index in [-0.39, 0.29) is 24.2 Å². The Morgan fingerprint density at radius 2 is 2.16 bits per heavy atom. The first-order valence-electron chi connectivity index (χ1n) is 8.45. The van der Waals surface area contributed by atoms with Crippen LogP contribution >= 0.6 is 27.3 Å². The van der Waals surface area contributed by atoms with E-state index in [0.29, 0.717) is 11.7 Å². The minimum absolute atomic E-state index is 0.0170. The molecule has 1 unspecified atom stereocenters. The highest BCUT2D eigenvalue weighted by Crippen LogP contribution is 2.31. The molecular weight excluding hydrogens is 402 g/mol. The van der Waals surface area contributed by atoms with Crippen molar-refractivity contribution in [3.8, 4) is 0 Å². The number of hydrogen-bond donors (Lipinski definition) is 1. The highest BCUT2D eigenvalue weighted by Gasteiger charge is 2.35. The predicted octanol–water partition coefficient (Wildman–Crippen LogP) is 3.78. The minimum Gasteiger partial charge on any atom is -0.312 e. The maximum atomic E-state index is 12.6. The number of nitrogens with one attached hydrogen (secondary N) is 1. The van der Waals surface area contributed by atoms with Crippen LogP contribution in [0.25, 0.3) is 0 Å². The van der Waals surface area contributed by atoms with Gasteiger partial charge in [0, 0.05) is 28.0 Å². The quantitative estimate of drug-likeness (QED) is 0.822. The summed E-state index contributed by atoms with van der Waals surface area (Å²) in [4.78, 5) is 32.4. The SMILES string of the molecule is O=C(Nc1nc2c(s1)CCCC2)C1CC(=O)N(c2cccc(Br)c2)C1. The molecule has 0 radical (unpaired) electrons. The van der Waals surface area contributed by atoms with E-state index in [1.165, 1.54) is 17.7 Å². The average Bonchev–Trinajstić information content (AvgIpc) is 3.17. The van der Waals surface area contributed by atoms with E-state index in [9.17, 15) is 9.59 Å². The molecule has 0 spiro atoms. The van der Waals surface area contributed by atoms with Crippen LogP contribution in [-0.2, 0) is 22.4 Å². The van der Waals surface area contributed by atoms with Crippen molar-refractivity contribution in [2.75, 3.05) is 16.8 Å². The van der Waals surface area contributed by atoms with Gasteiger partial charge in [-0.2, -0.15) is 0 Å². The minimum atomic E-state index is -0.340. The lowest BCUT2D eigenvalue weighted by atomic mass is 10.0. The summed E-state index contributed by atoms with van der Waals surface area (Å²) < 4.78 is 0.916. The van der Waals surface area contributed by atoms with Crippen LogP contribution in [0.2, 0.25) is 0 Å². The zero-order valence-electron chi connectivity index (χ0n) is 13.6. The van der Waals surface area contributed by atoms with Crippen molar-refractivity contribution in [3.05, 3.63) is 39.3 Å². The second kappa shape index (κ2) is 6.88. The standard InChI is InChI=1S/C18H18BrN3O2S/c19-12-4-3-5-13(9-12)22-10-11(8-16(22)23)17(24)21-18-20-14-6-1-2-7-15(14)25-18/h3-5,9,11H,1-2,6-8,10H2,(H,20,21,24). The smallest absolute Gasteiger partial charge is 0.231 e. The van der Waals surface area contributed by atoms with Gasteiger partial charge < -0.3 is 10.2 Å². The topological polar surface area (TPSA) is 62.3 Å². The van der Waals surface area contributed by atoms with Crippen molar-refractivity contribution in [1.29, 1.82) is 0 Å². The molecule has 1 atom stereocenters. The van der Waals surface area contributed by atoms with Gasteiger partial charge in [0.05, 0.1) is 11.6 Å². The van der Waals surface area contributed by atoms with Crippen LogP contribution in [0.1, 0.15) is 29.8 Å². The molecule has 2 aromatic rings. The Morgan fingerprint density at radius 1 is 1.32 bits per heavy atom. The molecule has 4 rings (SSSR count). The monoisotopic (exact) mass is 419 g/mol. The molecule has 1 aliphatic heterocycles. The van der Waals surface area contributed by atoms with Gasteiger partial charge in [-0.05, 0) is 43.9 Å². The van der Waals surface area contributed by atoms with Crippen LogP contribution in [0.5, 0.6) is 0 Å².